The Morgan fingerprint density at radius 2 is 1.91 bits per heavy atom. The molecule has 1 unspecified atom stereocenters. The molecule has 0 spiro atoms. The fourth-order valence-corrected chi connectivity index (χ4v) is 6.35. The number of aromatic nitrogens is 3. The molecule has 1 aromatic carbocycles. The molecule has 1 atom stereocenters. The van der Waals surface area contributed by atoms with Gasteiger partial charge in [-0.1, -0.05) is 19.9 Å². The molecule has 1 aliphatic rings. The Kier molecular flexibility index (Phi) is 9.73. The molecule has 5 rings (SSSR count). The number of carbonyl (C=O) groups excluding carboxylic acids is 2. The van der Waals surface area contributed by atoms with Gasteiger partial charge in [-0.3, -0.25) is 14.4 Å². The number of halogens is 1. The van der Waals surface area contributed by atoms with Crippen LogP contribution in [0.5, 0.6) is 0 Å². The highest BCUT2D eigenvalue weighted by Crippen LogP contribution is 2.31. The summed E-state index contributed by atoms with van der Waals surface area (Å²) < 4.78 is 14.7. The number of nitrogens with zero attached hydrogens (tertiary/aromatic N) is 2. The van der Waals surface area contributed by atoms with Crippen molar-refractivity contribution in [1.29, 1.82) is 0 Å². The largest absolute Gasteiger partial charge is 0.336 e. The number of thiophene rings is 1. The highest BCUT2D eigenvalue weighted by atomic mass is 32.1. The van der Waals surface area contributed by atoms with E-state index in [9.17, 15) is 18.8 Å². The zero-order valence-corrected chi connectivity index (χ0v) is 25.1. The van der Waals surface area contributed by atoms with E-state index in [0.29, 0.717) is 34.9 Å². The summed E-state index contributed by atoms with van der Waals surface area (Å²) in [6.07, 6.45) is 7.43. The standard InChI is InChI=1S/C32H35FN6O3S/c1-3-13-34-18-27(40)22(4-2)21-10-12-30(35-17-21)36-26-16-24(38-39-31(26)41)19-9-11-23(33)25(14-19)37-32(42)29-15-20-7-5-6-8-28(20)43-29/h9-12,14-17,22,34H,3-8,13,18H2,1-2H3,(H,37,42)(H,39,41)(H,35,36,38). The molecule has 0 saturated carbocycles. The van der Waals surface area contributed by atoms with E-state index in [1.54, 1.807) is 18.3 Å². The number of anilines is 3. The first-order valence-electron chi connectivity index (χ1n) is 14.6. The monoisotopic (exact) mass is 602 g/mol. The molecular formula is C32H35FN6O3S. The van der Waals surface area contributed by atoms with Gasteiger partial charge in [0.1, 0.15) is 17.3 Å². The minimum atomic E-state index is -0.574. The van der Waals surface area contributed by atoms with Gasteiger partial charge in [0.25, 0.3) is 11.5 Å². The number of fused-ring (bicyclic) bond motifs is 1. The lowest BCUT2D eigenvalue weighted by molar-refractivity contribution is -0.119. The molecule has 9 nitrogen and oxygen atoms in total. The number of aryl methyl sites for hydroxylation is 2. The molecule has 0 fully saturated rings. The smallest absolute Gasteiger partial charge is 0.287 e. The summed E-state index contributed by atoms with van der Waals surface area (Å²) in [6.45, 7) is 5.12. The first-order valence-corrected chi connectivity index (χ1v) is 15.5. The van der Waals surface area contributed by atoms with Crippen molar-refractivity contribution < 1.29 is 14.0 Å². The number of rotatable bonds is 12. The second-order valence-corrected chi connectivity index (χ2v) is 11.8. The van der Waals surface area contributed by atoms with E-state index in [4.69, 9.17) is 0 Å². The van der Waals surface area contributed by atoms with Gasteiger partial charge in [-0.25, -0.2) is 14.5 Å². The van der Waals surface area contributed by atoms with Crippen LogP contribution in [0.15, 0.2) is 53.5 Å². The Hall–Kier alpha value is -4.22. The summed E-state index contributed by atoms with van der Waals surface area (Å²) >= 11 is 1.46. The summed E-state index contributed by atoms with van der Waals surface area (Å²) in [4.78, 5) is 44.4. The number of carbonyl (C=O) groups is 2. The fourth-order valence-electron chi connectivity index (χ4n) is 5.20. The Bertz CT molecular complexity index is 1640. The van der Waals surface area contributed by atoms with Crippen LogP contribution in [-0.2, 0) is 17.6 Å². The van der Waals surface area contributed by atoms with Crippen molar-refractivity contribution in [2.45, 2.75) is 58.3 Å². The number of aromatic amines is 1. The van der Waals surface area contributed by atoms with Gasteiger partial charge >= 0.3 is 0 Å². The third-order valence-corrected chi connectivity index (χ3v) is 8.74. The predicted octanol–water partition coefficient (Wildman–Crippen LogP) is 5.97. The molecule has 1 aliphatic carbocycles. The first-order chi connectivity index (χ1) is 20.9. The number of Topliss-reactive ketones (excluding diaryl/α,β-unsaturated/α-hetero) is 1. The minimum absolute atomic E-state index is 0.0264. The highest BCUT2D eigenvalue weighted by Gasteiger charge is 2.20. The highest BCUT2D eigenvalue weighted by molar-refractivity contribution is 7.14. The van der Waals surface area contributed by atoms with Crippen molar-refractivity contribution >= 4 is 40.2 Å². The van der Waals surface area contributed by atoms with Gasteiger partial charge in [0.2, 0.25) is 0 Å². The fraction of sp³-hybridized carbons (Fsp3) is 0.344. The van der Waals surface area contributed by atoms with Crippen molar-refractivity contribution in [3.8, 4) is 11.3 Å². The maximum Gasteiger partial charge on any atom is 0.287 e. The van der Waals surface area contributed by atoms with E-state index >= 15 is 0 Å². The third-order valence-electron chi connectivity index (χ3n) is 7.51. The van der Waals surface area contributed by atoms with Crippen molar-refractivity contribution in [1.82, 2.24) is 20.5 Å². The van der Waals surface area contributed by atoms with Crippen LogP contribution in [0.25, 0.3) is 11.3 Å². The molecule has 0 bridgehead atoms. The van der Waals surface area contributed by atoms with E-state index < -0.39 is 11.4 Å². The van der Waals surface area contributed by atoms with E-state index in [1.165, 1.54) is 40.0 Å². The van der Waals surface area contributed by atoms with Crippen LogP contribution in [0.4, 0.5) is 21.6 Å². The van der Waals surface area contributed by atoms with Gasteiger partial charge in [0.15, 0.2) is 5.78 Å². The predicted molar refractivity (Wildman–Crippen MR) is 168 cm³/mol. The van der Waals surface area contributed by atoms with Crippen LogP contribution in [-0.4, -0.2) is 40.0 Å². The van der Waals surface area contributed by atoms with Gasteiger partial charge in [-0.2, -0.15) is 5.10 Å². The molecule has 0 aliphatic heterocycles. The average Bonchev–Trinajstić information content (AvgIpc) is 3.46. The summed E-state index contributed by atoms with van der Waals surface area (Å²) in [5.74, 6) is -0.664. The minimum Gasteiger partial charge on any atom is -0.336 e. The number of pyridine rings is 1. The zero-order chi connectivity index (χ0) is 30.3. The number of H-pyrrole nitrogens is 1. The van der Waals surface area contributed by atoms with Crippen LogP contribution in [0.1, 0.15) is 71.1 Å². The number of hydrogen-bond donors (Lipinski definition) is 4. The first kappa shape index (κ1) is 30.2. The topological polar surface area (TPSA) is 129 Å². The lowest BCUT2D eigenvalue weighted by Crippen LogP contribution is -2.27. The molecule has 1 amide bonds. The van der Waals surface area contributed by atoms with E-state index in [0.717, 1.165) is 44.2 Å². The summed E-state index contributed by atoms with van der Waals surface area (Å²) in [7, 11) is 0. The third kappa shape index (κ3) is 7.23. The number of nitrogens with one attached hydrogen (secondary N) is 4. The number of amides is 1. The molecule has 224 valence electrons. The number of hydrogen-bond acceptors (Lipinski definition) is 8. The van der Waals surface area contributed by atoms with Crippen LogP contribution in [0.2, 0.25) is 0 Å². The van der Waals surface area contributed by atoms with Gasteiger partial charge in [-0.05, 0) is 92.6 Å². The molecule has 11 heteroatoms. The molecule has 0 saturated heterocycles. The van der Waals surface area contributed by atoms with E-state index in [2.05, 4.69) is 38.1 Å². The quantitative estimate of drug-likeness (QED) is 0.147. The van der Waals surface area contributed by atoms with Crippen molar-refractivity contribution in [2.75, 3.05) is 23.7 Å². The molecule has 4 aromatic rings. The van der Waals surface area contributed by atoms with Crippen LogP contribution in [0.3, 0.4) is 0 Å². The molecule has 4 N–H and O–H groups in total. The van der Waals surface area contributed by atoms with Gasteiger partial charge in [0.05, 0.1) is 22.8 Å². The van der Waals surface area contributed by atoms with Crippen LogP contribution in [0, 0.1) is 5.82 Å². The summed E-state index contributed by atoms with van der Waals surface area (Å²) in [5, 5.41) is 15.4. The molecular weight excluding hydrogens is 567 g/mol. The second kappa shape index (κ2) is 13.8. The maximum absolute atomic E-state index is 14.7. The van der Waals surface area contributed by atoms with Crippen molar-refractivity contribution in [3.05, 3.63) is 85.7 Å². The lowest BCUT2D eigenvalue weighted by atomic mass is 9.93. The Labute approximate surface area is 253 Å². The Morgan fingerprint density at radius 3 is 2.65 bits per heavy atom. The van der Waals surface area contributed by atoms with E-state index in [-0.39, 0.29) is 29.0 Å². The van der Waals surface area contributed by atoms with Crippen LogP contribution >= 0.6 is 11.3 Å². The van der Waals surface area contributed by atoms with Crippen molar-refractivity contribution in [3.63, 3.8) is 0 Å². The van der Waals surface area contributed by atoms with Crippen LogP contribution < -0.4 is 21.5 Å². The van der Waals surface area contributed by atoms with Gasteiger partial charge in [-0.15, -0.1) is 11.3 Å². The maximum atomic E-state index is 14.7. The summed E-state index contributed by atoms with van der Waals surface area (Å²) in [5.41, 5.74) is 2.65. The number of benzene rings is 1. The van der Waals surface area contributed by atoms with Crippen molar-refractivity contribution in [2.24, 2.45) is 0 Å². The van der Waals surface area contributed by atoms with Gasteiger partial charge in [0, 0.05) is 22.6 Å². The van der Waals surface area contributed by atoms with E-state index in [1.807, 2.05) is 19.1 Å². The number of ketones is 1. The summed E-state index contributed by atoms with van der Waals surface area (Å²) in [6, 6.07) is 11.3. The Morgan fingerprint density at radius 1 is 1.07 bits per heavy atom. The molecule has 3 aromatic heterocycles. The molecule has 3 heterocycles. The second-order valence-electron chi connectivity index (χ2n) is 10.6. The zero-order valence-electron chi connectivity index (χ0n) is 24.3. The Balaban J connectivity index is 1.30. The molecule has 43 heavy (non-hydrogen) atoms. The normalized spacial score (nSPS) is 13.3. The molecule has 0 radical (unpaired) electrons. The lowest BCUT2D eigenvalue weighted by Gasteiger charge is -2.15. The SMILES string of the molecule is CCCNCC(=O)C(CC)c1ccc(Nc2cc(-c3ccc(F)c(NC(=O)c4cc5c(s4)CCCC5)c3)n[nH]c2=O)nc1. The average molecular weight is 603 g/mol. The van der Waals surface area contributed by atoms with Gasteiger partial charge < -0.3 is 16.0 Å².